The van der Waals surface area contributed by atoms with Gasteiger partial charge in [-0.3, -0.25) is 9.59 Å². The number of carbonyl (C=O) groups excluding carboxylic acids is 2. The van der Waals surface area contributed by atoms with Crippen molar-refractivity contribution in [3.8, 4) is 0 Å². The summed E-state index contributed by atoms with van der Waals surface area (Å²) in [5.41, 5.74) is 3.20. The molecular weight excluding hydrogens is 292 g/mol. The van der Waals surface area contributed by atoms with Crippen LogP contribution in [0, 0.1) is 0 Å². The number of hydrogen-bond donors (Lipinski definition) is 3. The Balaban J connectivity index is 1.70. The molecule has 5 heteroatoms. The van der Waals surface area contributed by atoms with E-state index in [0.717, 1.165) is 16.8 Å². The predicted octanol–water partition coefficient (Wildman–Crippen LogP) is 2.09. The quantitative estimate of drug-likeness (QED) is 0.809. The number of aliphatic hydroxyl groups is 1. The lowest BCUT2D eigenvalue weighted by Gasteiger charge is -2.18. The molecule has 118 valence electrons. The minimum atomic E-state index is -1.20. The van der Waals surface area contributed by atoms with Gasteiger partial charge in [0.25, 0.3) is 5.91 Å². The summed E-state index contributed by atoms with van der Waals surface area (Å²) in [5.74, 6) is -0.466. The molecule has 2 unspecified atom stereocenters. The zero-order valence-electron chi connectivity index (χ0n) is 12.7. The maximum Gasteiger partial charge on any atom is 0.253 e. The average molecular weight is 310 g/mol. The highest BCUT2D eigenvalue weighted by atomic mass is 16.3. The molecule has 0 bridgehead atoms. The number of benzene rings is 2. The van der Waals surface area contributed by atoms with E-state index in [2.05, 4.69) is 10.6 Å². The van der Waals surface area contributed by atoms with Gasteiger partial charge in [-0.25, -0.2) is 0 Å². The normalized spacial score (nSPS) is 15.5. The lowest BCUT2D eigenvalue weighted by molar-refractivity contribution is -0.130. The summed E-state index contributed by atoms with van der Waals surface area (Å²) < 4.78 is 0. The fraction of sp³-hybridized carbons (Fsp3) is 0.222. The Morgan fingerprint density at radius 1 is 1.17 bits per heavy atom. The lowest BCUT2D eigenvalue weighted by Crippen LogP contribution is -2.31. The first-order valence-electron chi connectivity index (χ1n) is 7.50. The van der Waals surface area contributed by atoms with Crippen molar-refractivity contribution >= 4 is 17.5 Å². The van der Waals surface area contributed by atoms with Crippen LogP contribution in [0.4, 0.5) is 5.69 Å². The Morgan fingerprint density at radius 3 is 2.65 bits per heavy atom. The van der Waals surface area contributed by atoms with Gasteiger partial charge in [-0.05, 0) is 29.7 Å². The van der Waals surface area contributed by atoms with Gasteiger partial charge in [0, 0.05) is 5.69 Å². The molecule has 2 aromatic carbocycles. The van der Waals surface area contributed by atoms with E-state index >= 15 is 0 Å². The van der Waals surface area contributed by atoms with E-state index in [9.17, 15) is 14.7 Å². The largest absolute Gasteiger partial charge is 0.378 e. The predicted molar refractivity (Wildman–Crippen MR) is 86.7 cm³/mol. The first kappa shape index (κ1) is 15.2. The van der Waals surface area contributed by atoms with Crippen LogP contribution in [0.25, 0.3) is 0 Å². The first-order chi connectivity index (χ1) is 11.0. The molecule has 1 heterocycles. The summed E-state index contributed by atoms with van der Waals surface area (Å²) in [6, 6.07) is 14.2. The molecule has 0 radical (unpaired) electrons. The minimum absolute atomic E-state index is 0.0201. The third-order valence-corrected chi connectivity index (χ3v) is 3.98. The van der Waals surface area contributed by atoms with Gasteiger partial charge in [-0.15, -0.1) is 0 Å². The molecule has 3 rings (SSSR count). The zero-order chi connectivity index (χ0) is 16.4. The second-order valence-electron chi connectivity index (χ2n) is 5.69. The highest BCUT2D eigenvalue weighted by Crippen LogP contribution is 2.26. The second kappa shape index (κ2) is 6.22. The Morgan fingerprint density at radius 2 is 1.91 bits per heavy atom. The third kappa shape index (κ3) is 3.24. The topological polar surface area (TPSA) is 78.4 Å². The van der Waals surface area contributed by atoms with Gasteiger partial charge in [0.1, 0.15) is 0 Å². The highest BCUT2D eigenvalue weighted by molar-refractivity contribution is 5.99. The monoisotopic (exact) mass is 310 g/mol. The van der Waals surface area contributed by atoms with E-state index in [0.29, 0.717) is 12.0 Å². The van der Waals surface area contributed by atoms with Crippen molar-refractivity contribution < 1.29 is 14.7 Å². The van der Waals surface area contributed by atoms with Crippen LogP contribution in [0.2, 0.25) is 0 Å². The van der Waals surface area contributed by atoms with Crippen molar-refractivity contribution in [2.45, 2.75) is 25.5 Å². The number of carbonyl (C=O) groups is 2. The van der Waals surface area contributed by atoms with E-state index in [4.69, 9.17) is 0 Å². The van der Waals surface area contributed by atoms with Crippen LogP contribution in [0.3, 0.4) is 0 Å². The molecule has 0 saturated carbocycles. The third-order valence-electron chi connectivity index (χ3n) is 3.98. The number of aliphatic hydroxyl groups excluding tert-OH is 1. The number of fused-ring (bicyclic) bond motifs is 1. The van der Waals surface area contributed by atoms with Crippen molar-refractivity contribution in [2.24, 2.45) is 0 Å². The molecule has 2 amide bonds. The van der Waals surface area contributed by atoms with Crippen molar-refractivity contribution in [2.75, 3.05) is 5.32 Å². The molecule has 3 N–H and O–H groups in total. The number of amides is 2. The fourth-order valence-corrected chi connectivity index (χ4v) is 2.68. The maximum atomic E-state index is 12.2. The van der Waals surface area contributed by atoms with Gasteiger partial charge in [-0.1, -0.05) is 42.5 Å². The van der Waals surface area contributed by atoms with Crippen molar-refractivity contribution in [3.05, 3.63) is 65.2 Å². The molecule has 0 aliphatic carbocycles. The van der Waals surface area contributed by atoms with Crippen LogP contribution in [-0.2, 0) is 16.0 Å². The van der Waals surface area contributed by atoms with Crippen LogP contribution >= 0.6 is 0 Å². The zero-order valence-corrected chi connectivity index (χ0v) is 12.7. The van der Waals surface area contributed by atoms with E-state index in [1.165, 1.54) is 0 Å². The summed E-state index contributed by atoms with van der Waals surface area (Å²) >= 11 is 0. The van der Waals surface area contributed by atoms with Gasteiger partial charge in [0.15, 0.2) is 6.10 Å². The van der Waals surface area contributed by atoms with Gasteiger partial charge in [-0.2, -0.15) is 0 Å². The Labute approximate surface area is 134 Å². The molecule has 2 aromatic rings. The Bertz CT molecular complexity index is 743. The average Bonchev–Trinajstić information content (AvgIpc) is 2.93. The highest BCUT2D eigenvalue weighted by Gasteiger charge is 2.22. The smallest absolute Gasteiger partial charge is 0.253 e. The van der Waals surface area contributed by atoms with E-state index < -0.39 is 12.0 Å². The molecule has 1 aliphatic rings. The van der Waals surface area contributed by atoms with Gasteiger partial charge in [0.05, 0.1) is 12.5 Å². The van der Waals surface area contributed by atoms with Crippen LogP contribution in [0.5, 0.6) is 0 Å². The van der Waals surface area contributed by atoms with Gasteiger partial charge in [0.2, 0.25) is 5.91 Å². The molecular formula is C18H18N2O3. The van der Waals surface area contributed by atoms with Crippen LogP contribution in [0.15, 0.2) is 48.5 Å². The SMILES string of the molecule is CC(NC(=O)C(O)c1ccccc1)c1ccc2c(c1)CC(=O)N2. The van der Waals surface area contributed by atoms with Crippen LogP contribution in [-0.4, -0.2) is 16.9 Å². The van der Waals surface area contributed by atoms with Crippen LogP contribution < -0.4 is 10.6 Å². The fourth-order valence-electron chi connectivity index (χ4n) is 2.68. The number of nitrogens with one attached hydrogen (secondary N) is 2. The molecule has 0 spiro atoms. The molecule has 5 nitrogen and oxygen atoms in total. The van der Waals surface area contributed by atoms with Gasteiger partial charge >= 0.3 is 0 Å². The molecule has 2 atom stereocenters. The minimum Gasteiger partial charge on any atom is -0.378 e. The summed E-state index contributed by atoms with van der Waals surface area (Å²) in [6.07, 6.45) is -0.840. The van der Waals surface area contributed by atoms with E-state index in [1.807, 2.05) is 31.2 Å². The second-order valence-corrected chi connectivity index (χ2v) is 5.69. The first-order valence-corrected chi connectivity index (χ1v) is 7.50. The molecule has 0 fully saturated rings. The number of anilines is 1. The molecule has 23 heavy (non-hydrogen) atoms. The summed E-state index contributed by atoms with van der Waals surface area (Å²) in [5, 5.41) is 15.7. The molecule has 1 aliphatic heterocycles. The maximum absolute atomic E-state index is 12.2. The summed E-state index contributed by atoms with van der Waals surface area (Å²) in [7, 11) is 0. The standard InChI is InChI=1S/C18H18N2O3/c1-11(13-7-8-15-14(9-13)10-16(21)20-15)19-18(23)17(22)12-5-3-2-4-6-12/h2-9,11,17,22H,10H2,1H3,(H,19,23)(H,20,21). The van der Waals surface area contributed by atoms with Gasteiger partial charge < -0.3 is 15.7 Å². The Hall–Kier alpha value is -2.66. The van der Waals surface area contributed by atoms with Crippen molar-refractivity contribution in [3.63, 3.8) is 0 Å². The number of rotatable bonds is 4. The van der Waals surface area contributed by atoms with Crippen molar-refractivity contribution in [1.29, 1.82) is 0 Å². The lowest BCUT2D eigenvalue weighted by atomic mass is 10.0. The van der Waals surface area contributed by atoms with Crippen LogP contribution in [0.1, 0.15) is 35.8 Å². The van der Waals surface area contributed by atoms with E-state index in [-0.39, 0.29) is 11.9 Å². The number of hydrogen-bond acceptors (Lipinski definition) is 3. The molecule has 0 aromatic heterocycles. The van der Waals surface area contributed by atoms with E-state index in [1.54, 1.807) is 24.3 Å². The van der Waals surface area contributed by atoms with Crippen molar-refractivity contribution in [1.82, 2.24) is 5.32 Å². The summed E-state index contributed by atoms with van der Waals surface area (Å²) in [6.45, 7) is 1.85. The Kier molecular flexibility index (Phi) is 4.12. The molecule has 0 saturated heterocycles. The summed E-state index contributed by atoms with van der Waals surface area (Å²) in [4.78, 5) is 23.6.